The Hall–Kier alpha value is -2.57. The van der Waals surface area contributed by atoms with E-state index < -0.39 is 0 Å². The molecule has 1 aliphatic heterocycles. The number of piperazine rings is 1. The van der Waals surface area contributed by atoms with Gasteiger partial charge < -0.3 is 19.9 Å². The lowest BCUT2D eigenvalue weighted by molar-refractivity contribution is -0.137. The van der Waals surface area contributed by atoms with Crippen molar-refractivity contribution in [2.75, 3.05) is 32.8 Å². The van der Waals surface area contributed by atoms with Gasteiger partial charge in [0.05, 0.1) is 12.6 Å². The average molecular weight is 347 g/mol. The zero-order valence-electron chi connectivity index (χ0n) is 14.7. The summed E-state index contributed by atoms with van der Waals surface area (Å²) in [5, 5.41) is 2.84. The first-order valence-corrected chi connectivity index (χ1v) is 8.55. The molecule has 136 valence electrons. The van der Waals surface area contributed by atoms with Crippen molar-refractivity contribution in [3.8, 4) is 0 Å². The summed E-state index contributed by atoms with van der Waals surface area (Å²) >= 11 is 0. The standard InChI is InChI=1S/C18H25N3O4/c1-3-25-18(24)21-11-9-20(10-12-21)17(23)13-16(22)19-14(2)15-7-5-4-6-8-15/h4-8,14H,3,9-13H2,1-2H3,(H,19,22). The molecule has 1 unspecified atom stereocenters. The van der Waals surface area contributed by atoms with Gasteiger partial charge in [-0.3, -0.25) is 9.59 Å². The number of rotatable bonds is 5. The molecule has 1 aromatic carbocycles. The Balaban J connectivity index is 1.76. The third kappa shape index (κ3) is 5.48. The highest BCUT2D eigenvalue weighted by molar-refractivity contribution is 5.97. The predicted octanol–water partition coefficient (Wildman–Crippen LogP) is 1.55. The van der Waals surface area contributed by atoms with Gasteiger partial charge >= 0.3 is 6.09 Å². The normalized spacial score (nSPS) is 15.4. The third-order valence-electron chi connectivity index (χ3n) is 4.15. The van der Waals surface area contributed by atoms with Crippen LogP contribution in [0.2, 0.25) is 0 Å². The maximum Gasteiger partial charge on any atom is 0.409 e. The fourth-order valence-corrected chi connectivity index (χ4v) is 2.72. The van der Waals surface area contributed by atoms with Crippen molar-refractivity contribution in [1.82, 2.24) is 15.1 Å². The number of ether oxygens (including phenoxy) is 1. The van der Waals surface area contributed by atoms with E-state index in [2.05, 4.69) is 5.32 Å². The summed E-state index contributed by atoms with van der Waals surface area (Å²) in [7, 11) is 0. The van der Waals surface area contributed by atoms with Gasteiger partial charge in [-0.15, -0.1) is 0 Å². The maximum absolute atomic E-state index is 12.3. The SMILES string of the molecule is CCOC(=O)N1CCN(C(=O)CC(=O)NC(C)c2ccccc2)CC1. The van der Waals surface area contributed by atoms with Crippen LogP contribution in [0.25, 0.3) is 0 Å². The smallest absolute Gasteiger partial charge is 0.409 e. The summed E-state index contributed by atoms with van der Waals surface area (Å²) in [5.41, 5.74) is 0.992. The number of nitrogens with one attached hydrogen (secondary N) is 1. The van der Waals surface area contributed by atoms with Crippen molar-refractivity contribution in [2.45, 2.75) is 26.3 Å². The Bertz CT molecular complexity index is 598. The van der Waals surface area contributed by atoms with Gasteiger partial charge in [-0.2, -0.15) is 0 Å². The summed E-state index contributed by atoms with van der Waals surface area (Å²) in [6.07, 6.45) is -0.541. The van der Waals surface area contributed by atoms with E-state index in [-0.39, 0.29) is 30.4 Å². The molecule has 7 heteroatoms. The maximum atomic E-state index is 12.3. The van der Waals surface area contributed by atoms with Gasteiger partial charge in [0, 0.05) is 26.2 Å². The highest BCUT2D eigenvalue weighted by atomic mass is 16.6. The highest BCUT2D eigenvalue weighted by Gasteiger charge is 2.26. The molecule has 0 spiro atoms. The van der Waals surface area contributed by atoms with Crippen LogP contribution in [-0.2, 0) is 14.3 Å². The topological polar surface area (TPSA) is 79.0 Å². The number of nitrogens with zero attached hydrogens (tertiary/aromatic N) is 2. The molecule has 25 heavy (non-hydrogen) atoms. The molecule has 0 aliphatic carbocycles. The largest absolute Gasteiger partial charge is 0.450 e. The van der Waals surface area contributed by atoms with Crippen LogP contribution in [0.4, 0.5) is 4.79 Å². The van der Waals surface area contributed by atoms with Crippen LogP contribution >= 0.6 is 0 Å². The highest BCUT2D eigenvalue weighted by Crippen LogP contribution is 2.12. The van der Waals surface area contributed by atoms with E-state index in [1.54, 1.807) is 16.7 Å². The fraction of sp³-hybridized carbons (Fsp3) is 0.500. The van der Waals surface area contributed by atoms with Gasteiger partial charge in [0.15, 0.2) is 0 Å². The zero-order valence-corrected chi connectivity index (χ0v) is 14.7. The van der Waals surface area contributed by atoms with Crippen LogP contribution in [-0.4, -0.2) is 60.5 Å². The van der Waals surface area contributed by atoms with Crippen molar-refractivity contribution < 1.29 is 19.1 Å². The second kappa shape index (κ2) is 9.05. The lowest BCUT2D eigenvalue weighted by atomic mass is 10.1. The number of carbonyl (C=O) groups is 3. The van der Waals surface area contributed by atoms with E-state index in [1.807, 2.05) is 37.3 Å². The number of hydrogen-bond acceptors (Lipinski definition) is 4. The van der Waals surface area contributed by atoms with Crippen LogP contribution in [0.5, 0.6) is 0 Å². The van der Waals surface area contributed by atoms with Crippen LogP contribution < -0.4 is 5.32 Å². The Kier molecular flexibility index (Phi) is 6.80. The lowest BCUT2D eigenvalue weighted by Gasteiger charge is -2.34. The first kappa shape index (κ1) is 18.8. The predicted molar refractivity (Wildman–Crippen MR) is 92.8 cm³/mol. The number of carbonyl (C=O) groups excluding carboxylic acids is 3. The third-order valence-corrected chi connectivity index (χ3v) is 4.15. The Labute approximate surface area is 147 Å². The van der Waals surface area contributed by atoms with E-state index in [1.165, 1.54) is 0 Å². The second-order valence-electron chi connectivity index (χ2n) is 5.94. The molecule has 1 atom stereocenters. The molecular formula is C18H25N3O4. The molecule has 2 rings (SSSR count). The van der Waals surface area contributed by atoms with Crippen molar-refractivity contribution in [2.24, 2.45) is 0 Å². The van der Waals surface area contributed by atoms with Gasteiger partial charge in [0.2, 0.25) is 11.8 Å². The Morgan fingerprint density at radius 1 is 1.08 bits per heavy atom. The van der Waals surface area contributed by atoms with Crippen LogP contribution in [0, 0.1) is 0 Å². The molecule has 7 nitrogen and oxygen atoms in total. The molecule has 0 saturated carbocycles. The molecule has 1 N–H and O–H groups in total. The molecule has 1 heterocycles. The molecule has 1 saturated heterocycles. The molecule has 1 aromatic rings. The van der Waals surface area contributed by atoms with Crippen LogP contribution in [0.15, 0.2) is 30.3 Å². The molecule has 1 aliphatic rings. The quantitative estimate of drug-likeness (QED) is 0.820. The number of benzene rings is 1. The molecule has 1 fully saturated rings. The van der Waals surface area contributed by atoms with E-state index in [0.29, 0.717) is 32.8 Å². The molecule has 0 aromatic heterocycles. The summed E-state index contributed by atoms with van der Waals surface area (Å²) < 4.78 is 4.95. The number of amides is 3. The fourth-order valence-electron chi connectivity index (χ4n) is 2.72. The van der Waals surface area contributed by atoms with Gasteiger partial charge in [0.1, 0.15) is 6.42 Å². The van der Waals surface area contributed by atoms with Crippen molar-refractivity contribution in [3.63, 3.8) is 0 Å². The number of hydrogen-bond donors (Lipinski definition) is 1. The Morgan fingerprint density at radius 3 is 2.28 bits per heavy atom. The van der Waals surface area contributed by atoms with E-state index in [9.17, 15) is 14.4 Å². The molecular weight excluding hydrogens is 322 g/mol. The van der Waals surface area contributed by atoms with E-state index in [4.69, 9.17) is 4.74 Å². The molecule has 0 radical (unpaired) electrons. The van der Waals surface area contributed by atoms with Crippen LogP contribution in [0.1, 0.15) is 31.9 Å². The summed E-state index contributed by atoms with van der Waals surface area (Å²) in [6, 6.07) is 9.45. The molecule has 0 bridgehead atoms. The monoisotopic (exact) mass is 347 g/mol. The van der Waals surface area contributed by atoms with E-state index in [0.717, 1.165) is 5.56 Å². The van der Waals surface area contributed by atoms with Gasteiger partial charge in [-0.25, -0.2) is 4.79 Å². The van der Waals surface area contributed by atoms with Crippen molar-refractivity contribution in [3.05, 3.63) is 35.9 Å². The first-order valence-electron chi connectivity index (χ1n) is 8.55. The van der Waals surface area contributed by atoms with Gasteiger partial charge in [-0.05, 0) is 19.4 Å². The minimum Gasteiger partial charge on any atom is -0.450 e. The minimum atomic E-state index is -0.357. The van der Waals surface area contributed by atoms with Crippen molar-refractivity contribution in [1.29, 1.82) is 0 Å². The first-order chi connectivity index (χ1) is 12.0. The summed E-state index contributed by atoms with van der Waals surface area (Å²) in [4.78, 5) is 39.2. The van der Waals surface area contributed by atoms with Gasteiger partial charge in [-0.1, -0.05) is 30.3 Å². The summed E-state index contributed by atoms with van der Waals surface area (Å²) in [5.74, 6) is -0.518. The van der Waals surface area contributed by atoms with Crippen molar-refractivity contribution >= 4 is 17.9 Å². The lowest BCUT2D eigenvalue weighted by Crippen LogP contribution is -2.51. The second-order valence-corrected chi connectivity index (χ2v) is 5.94. The molecule has 3 amide bonds. The van der Waals surface area contributed by atoms with Crippen LogP contribution in [0.3, 0.4) is 0 Å². The zero-order chi connectivity index (χ0) is 18.2. The van der Waals surface area contributed by atoms with E-state index >= 15 is 0 Å². The Morgan fingerprint density at radius 2 is 1.68 bits per heavy atom. The average Bonchev–Trinajstić information content (AvgIpc) is 2.62. The summed E-state index contributed by atoms with van der Waals surface area (Å²) in [6.45, 7) is 5.65. The van der Waals surface area contributed by atoms with Gasteiger partial charge in [0.25, 0.3) is 0 Å². The minimum absolute atomic E-state index is 0.151.